The van der Waals surface area contributed by atoms with Crippen LogP contribution in [-0.2, 0) is 12.8 Å². The Labute approximate surface area is 72.5 Å². The smallest absolute Gasteiger partial charge is 0.0471 e. The third kappa shape index (κ3) is 2.32. The van der Waals surface area contributed by atoms with Gasteiger partial charge in [-0.25, -0.2) is 0 Å². The SMILES string of the molecule is OCCc1c[c]ccc1CCO. The van der Waals surface area contributed by atoms with E-state index in [1.54, 1.807) is 0 Å². The van der Waals surface area contributed by atoms with Crippen LogP contribution in [0.15, 0.2) is 18.2 Å². The summed E-state index contributed by atoms with van der Waals surface area (Å²) in [4.78, 5) is 0. The van der Waals surface area contributed by atoms with E-state index in [1.165, 1.54) is 0 Å². The molecule has 1 rings (SSSR count). The third-order valence-corrected chi connectivity index (χ3v) is 1.81. The van der Waals surface area contributed by atoms with Crippen LogP contribution in [0.2, 0.25) is 0 Å². The maximum absolute atomic E-state index is 8.74. The number of benzene rings is 1. The van der Waals surface area contributed by atoms with Gasteiger partial charge in [-0.2, -0.15) is 0 Å². The standard InChI is InChI=1S/C10H13O2/c11-7-5-9-3-1-2-4-10(9)6-8-12/h1,3-4,11-12H,5-8H2. The Hall–Kier alpha value is -0.860. The molecule has 65 valence electrons. The lowest BCUT2D eigenvalue weighted by Gasteiger charge is -2.05. The molecule has 0 saturated carbocycles. The molecule has 0 fully saturated rings. The lowest BCUT2D eigenvalue weighted by atomic mass is 10.0. The van der Waals surface area contributed by atoms with Crippen molar-refractivity contribution >= 4 is 0 Å². The number of rotatable bonds is 4. The van der Waals surface area contributed by atoms with Gasteiger partial charge in [0, 0.05) is 13.2 Å². The zero-order valence-electron chi connectivity index (χ0n) is 6.95. The Balaban J connectivity index is 2.77. The van der Waals surface area contributed by atoms with Crippen molar-refractivity contribution in [2.45, 2.75) is 12.8 Å². The lowest BCUT2D eigenvalue weighted by Crippen LogP contribution is -1.99. The van der Waals surface area contributed by atoms with Crippen LogP contribution in [-0.4, -0.2) is 23.4 Å². The molecule has 0 heterocycles. The van der Waals surface area contributed by atoms with Crippen LogP contribution in [0.25, 0.3) is 0 Å². The lowest BCUT2D eigenvalue weighted by molar-refractivity contribution is 0.293. The van der Waals surface area contributed by atoms with Gasteiger partial charge in [-0.05, 0) is 30.0 Å². The Morgan fingerprint density at radius 3 is 2.42 bits per heavy atom. The second-order valence-corrected chi connectivity index (χ2v) is 2.64. The van der Waals surface area contributed by atoms with E-state index >= 15 is 0 Å². The highest BCUT2D eigenvalue weighted by Crippen LogP contribution is 2.09. The average Bonchev–Trinajstić information content (AvgIpc) is 2.09. The van der Waals surface area contributed by atoms with Gasteiger partial charge in [0.2, 0.25) is 0 Å². The minimum Gasteiger partial charge on any atom is -0.396 e. The van der Waals surface area contributed by atoms with Gasteiger partial charge in [0.1, 0.15) is 0 Å². The highest BCUT2D eigenvalue weighted by Gasteiger charge is 1.99. The molecule has 0 spiro atoms. The molecule has 0 saturated heterocycles. The summed E-state index contributed by atoms with van der Waals surface area (Å²) in [6.07, 6.45) is 1.30. The van der Waals surface area contributed by atoms with Crippen molar-refractivity contribution in [2.24, 2.45) is 0 Å². The summed E-state index contributed by atoms with van der Waals surface area (Å²) < 4.78 is 0. The minimum atomic E-state index is 0.149. The molecular weight excluding hydrogens is 152 g/mol. The molecule has 12 heavy (non-hydrogen) atoms. The van der Waals surface area contributed by atoms with E-state index in [-0.39, 0.29) is 13.2 Å². The van der Waals surface area contributed by atoms with E-state index in [4.69, 9.17) is 10.2 Å². The molecule has 2 heteroatoms. The van der Waals surface area contributed by atoms with Crippen molar-refractivity contribution in [2.75, 3.05) is 13.2 Å². The number of hydrogen-bond donors (Lipinski definition) is 2. The maximum atomic E-state index is 8.74. The monoisotopic (exact) mass is 165 g/mol. The molecule has 0 aliphatic carbocycles. The van der Waals surface area contributed by atoms with E-state index in [0.29, 0.717) is 12.8 Å². The number of aliphatic hydroxyl groups excluding tert-OH is 2. The molecule has 1 aromatic rings. The van der Waals surface area contributed by atoms with Crippen molar-refractivity contribution in [3.05, 3.63) is 35.4 Å². The largest absolute Gasteiger partial charge is 0.396 e. The first-order valence-electron chi connectivity index (χ1n) is 4.08. The van der Waals surface area contributed by atoms with Crippen LogP contribution in [0.4, 0.5) is 0 Å². The van der Waals surface area contributed by atoms with Crippen LogP contribution < -0.4 is 0 Å². The predicted molar refractivity (Wildman–Crippen MR) is 46.9 cm³/mol. The van der Waals surface area contributed by atoms with Crippen LogP contribution in [0, 0.1) is 6.07 Å². The van der Waals surface area contributed by atoms with Crippen LogP contribution >= 0.6 is 0 Å². The molecule has 0 atom stereocenters. The number of aliphatic hydroxyl groups is 2. The van der Waals surface area contributed by atoms with Gasteiger partial charge in [-0.15, -0.1) is 0 Å². The van der Waals surface area contributed by atoms with Crippen molar-refractivity contribution < 1.29 is 10.2 Å². The normalized spacial score (nSPS) is 10.2. The van der Waals surface area contributed by atoms with E-state index in [2.05, 4.69) is 6.07 Å². The summed E-state index contributed by atoms with van der Waals surface area (Å²) in [5, 5.41) is 17.5. The van der Waals surface area contributed by atoms with Gasteiger partial charge in [-0.3, -0.25) is 0 Å². The summed E-state index contributed by atoms with van der Waals surface area (Å²) in [6.45, 7) is 0.304. The van der Waals surface area contributed by atoms with E-state index in [1.807, 2.05) is 18.2 Å². The summed E-state index contributed by atoms with van der Waals surface area (Å²) >= 11 is 0. The van der Waals surface area contributed by atoms with Gasteiger partial charge < -0.3 is 10.2 Å². The van der Waals surface area contributed by atoms with Crippen molar-refractivity contribution in [1.82, 2.24) is 0 Å². The summed E-state index contributed by atoms with van der Waals surface area (Å²) in [6, 6.07) is 8.57. The predicted octanol–water partition coefficient (Wildman–Crippen LogP) is 0.556. The molecule has 0 aromatic heterocycles. The molecule has 1 aromatic carbocycles. The fourth-order valence-corrected chi connectivity index (χ4v) is 1.21. The first-order valence-corrected chi connectivity index (χ1v) is 4.08. The number of hydrogen-bond acceptors (Lipinski definition) is 2. The fourth-order valence-electron chi connectivity index (χ4n) is 1.21. The first-order chi connectivity index (χ1) is 5.88. The fraction of sp³-hybridized carbons (Fsp3) is 0.400. The van der Waals surface area contributed by atoms with E-state index in [0.717, 1.165) is 11.1 Å². The average molecular weight is 165 g/mol. The first kappa shape index (κ1) is 9.23. The molecule has 2 N–H and O–H groups in total. The van der Waals surface area contributed by atoms with Crippen LogP contribution in [0.3, 0.4) is 0 Å². The molecule has 1 radical (unpaired) electrons. The Bertz CT molecular complexity index is 208. The highest BCUT2D eigenvalue weighted by atomic mass is 16.3. The third-order valence-electron chi connectivity index (χ3n) is 1.81. The van der Waals surface area contributed by atoms with Crippen LogP contribution in [0.5, 0.6) is 0 Å². The summed E-state index contributed by atoms with van der Waals surface area (Å²) in [5.74, 6) is 0. The summed E-state index contributed by atoms with van der Waals surface area (Å²) in [7, 11) is 0. The molecule has 0 bridgehead atoms. The van der Waals surface area contributed by atoms with Gasteiger partial charge >= 0.3 is 0 Å². The quantitative estimate of drug-likeness (QED) is 0.684. The second kappa shape index (κ2) is 4.91. The zero-order chi connectivity index (χ0) is 8.81. The summed E-state index contributed by atoms with van der Waals surface area (Å²) in [5.41, 5.74) is 2.18. The van der Waals surface area contributed by atoms with Gasteiger partial charge in [-0.1, -0.05) is 18.2 Å². The Morgan fingerprint density at radius 1 is 1.08 bits per heavy atom. The molecule has 2 nitrogen and oxygen atoms in total. The van der Waals surface area contributed by atoms with E-state index in [9.17, 15) is 0 Å². The van der Waals surface area contributed by atoms with E-state index < -0.39 is 0 Å². The van der Waals surface area contributed by atoms with Gasteiger partial charge in [0.05, 0.1) is 0 Å². The van der Waals surface area contributed by atoms with Crippen molar-refractivity contribution in [3.8, 4) is 0 Å². The zero-order valence-corrected chi connectivity index (χ0v) is 6.95. The molecule has 0 aliphatic rings. The van der Waals surface area contributed by atoms with Crippen molar-refractivity contribution in [1.29, 1.82) is 0 Å². The second-order valence-electron chi connectivity index (χ2n) is 2.64. The molecule has 0 unspecified atom stereocenters. The van der Waals surface area contributed by atoms with Gasteiger partial charge in [0.15, 0.2) is 0 Å². The topological polar surface area (TPSA) is 40.5 Å². The Morgan fingerprint density at radius 2 is 1.75 bits per heavy atom. The highest BCUT2D eigenvalue weighted by molar-refractivity contribution is 5.26. The van der Waals surface area contributed by atoms with Crippen LogP contribution in [0.1, 0.15) is 11.1 Å². The Kier molecular flexibility index (Phi) is 3.77. The van der Waals surface area contributed by atoms with Gasteiger partial charge in [0.25, 0.3) is 0 Å². The minimum absolute atomic E-state index is 0.149. The maximum Gasteiger partial charge on any atom is 0.0471 e. The molecule has 0 amide bonds. The van der Waals surface area contributed by atoms with Crippen molar-refractivity contribution in [3.63, 3.8) is 0 Å². The molecule has 0 aliphatic heterocycles. The molecular formula is C10H13O2.